The summed E-state index contributed by atoms with van der Waals surface area (Å²) < 4.78 is 105. The minimum atomic E-state index is -1.90. The predicted molar refractivity (Wildman–Crippen MR) is 479 cm³/mol. The van der Waals surface area contributed by atoms with Gasteiger partial charge in [-0.25, -0.2) is 38.4 Å². The minimum Gasteiger partial charge on any atom is -0.493 e. The lowest BCUT2D eigenvalue weighted by Gasteiger charge is -2.47. The normalized spacial score (nSPS) is 18.8. The van der Waals surface area contributed by atoms with E-state index in [2.05, 4.69) is 0 Å². The summed E-state index contributed by atoms with van der Waals surface area (Å²) >= 11 is 0. The molecule has 660 valence electrons. The van der Waals surface area contributed by atoms with Gasteiger partial charge in [0.15, 0.2) is 72.2 Å². The van der Waals surface area contributed by atoms with E-state index in [4.69, 9.17) is 75.8 Å². The van der Waals surface area contributed by atoms with Crippen molar-refractivity contribution in [1.29, 1.82) is 0 Å². The van der Waals surface area contributed by atoms with Crippen LogP contribution in [0.3, 0.4) is 0 Å². The fraction of sp³-hybridized carbons (Fsp3) is 0.223. The number of benzene rings is 12. The molecule has 2 aliphatic rings. The summed E-state index contributed by atoms with van der Waals surface area (Å²) in [5, 5.41) is 0. The molecule has 12 aromatic rings. The second kappa shape index (κ2) is 45.5. The highest BCUT2D eigenvalue weighted by atomic mass is 33.1. The maximum atomic E-state index is 15.3. The summed E-state index contributed by atoms with van der Waals surface area (Å²) in [7, 11) is 5.65. The van der Waals surface area contributed by atoms with E-state index in [1.54, 1.807) is 188 Å². The van der Waals surface area contributed by atoms with Crippen molar-refractivity contribution in [3.63, 3.8) is 0 Å². The molecule has 2 heterocycles. The van der Waals surface area contributed by atoms with Gasteiger partial charge in [-0.15, -0.1) is 0 Å². The van der Waals surface area contributed by atoms with Gasteiger partial charge in [0.1, 0.15) is 38.6 Å². The van der Waals surface area contributed by atoms with E-state index in [0.29, 0.717) is 34.1 Å². The van der Waals surface area contributed by atoms with E-state index in [1.165, 1.54) is 109 Å². The Hall–Kier alpha value is -13.9. The Bertz CT molecular complexity index is 5670. The number of esters is 8. The molecule has 0 radical (unpaired) electrons. The topological polar surface area (TPSA) is 284 Å². The molecule has 24 nitrogen and oxygen atoms in total. The van der Waals surface area contributed by atoms with Gasteiger partial charge >= 0.3 is 47.8 Å². The molecular weight excluding hydrogens is 1690 g/mol. The third kappa shape index (κ3) is 24.5. The molecule has 12 atom stereocenters. The van der Waals surface area contributed by atoms with Gasteiger partial charge in [-0.1, -0.05) is 240 Å². The molecule has 12 aromatic carbocycles. The molecule has 0 spiro atoms. The van der Waals surface area contributed by atoms with Crippen LogP contribution in [0.4, 0.5) is 0 Å². The summed E-state index contributed by atoms with van der Waals surface area (Å²) in [6.45, 7) is -2.07. The highest BCUT2D eigenvalue weighted by Gasteiger charge is 2.57. The van der Waals surface area contributed by atoms with Crippen LogP contribution in [0.25, 0.3) is 0 Å². The Balaban J connectivity index is 0.950. The maximum absolute atomic E-state index is 15.3. The molecule has 129 heavy (non-hydrogen) atoms. The summed E-state index contributed by atoms with van der Waals surface area (Å²) in [6, 6.07) is 93.9. The number of rotatable bonds is 39. The van der Waals surface area contributed by atoms with Crippen LogP contribution >= 0.6 is 21.6 Å². The minimum absolute atomic E-state index is 0.0183. The average Bonchev–Trinajstić information content (AvgIpc) is 0.769. The number of hydrogen-bond acceptors (Lipinski definition) is 26. The van der Waals surface area contributed by atoms with Gasteiger partial charge in [0.2, 0.25) is 0 Å². The van der Waals surface area contributed by atoms with Gasteiger partial charge in [-0.2, -0.15) is 0 Å². The largest absolute Gasteiger partial charge is 0.493 e. The van der Waals surface area contributed by atoms with Crippen molar-refractivity contribution < 1.29 is 114 Å². The van der Waals surface area contributed by atoms with Crippen molar-refractivity contribution in [2.75, 3.05) is 46.9 Å². The van der Waals surface area contributed by atoms with Crippen LogP contribution in [0.15, 0.2) is 340 Å². The number of carbonyl (C=O) groups is 8. The first-order chi connectivity index (χ1) is 63.1. The second-order valence-corrected chi connectivity index (χ2v) is 32.8. The van der Waals surface area contributed by atoms with Gasteiger partial charge < -0.3 is 75.8 Å². The third-order valence-corrected chi connectivity index (χ3v) is 23.9. The Morgan fingerprint density at radius 2 is 0.605 bits per heavy atom. The molecule has 0 bridgehead atoms. The fourth-order valence-corrected chi connectivity index (χ4v) is 17.4. The maximum Gasteiger partial charge on any atom is 0.338 e. The van der Waals surface area contributed by atoms with E-state index in [0.717, 1.165) is 11.1 Å². The van der Waals surface area contributed by atoms with E-state index in [-0.39, 0.29) is 70.6 Å². The number of methoxy groups -OCH3 is 2. The average molecular weight is 1780 g/mol. The first-order valence-electron chi connectivity index (χ1n) is 41.5. The molecule has 2 fully saturated rings. The SMILES string of the molecule is COc1cc(C[C@H](CO[C@@H]2O[C@H](COC(=O)c3ccccc3)[C@@H](OC(=O)c3ccccc3)[C@H](OC(=O)c3ccccc3)[C@H]2OC(=O)c2ccccc2)[C@](CO[C@@H]2O[C@H](COC(=O)c3ccccc3)[C@@H](OC(=O)c3ccccc3)[C@H](OC(=O)c3ccccc3)[C@H]2OC(=O)c2ccccc2)(Cc2ccc(OCc3ccccc3)c(OC)c2)SSC)ccc1OCc1ccccc1. The third-order valence-electron chi connectivity index (χ3n) is 21.3. The zero-order valence-corrected chi connectivity index (χ0v) is 72.1. The molecular formula is C103H92O24S2. The lowest BCUT2D eigenvalue weighted by molar-refractivity contribution is -0.305. The second-order valence-electron chi connectivity index (χ2n) is 30.0. The summed E-state index contributed by atoms with van der Waals surface area (Å²) in [6.07, 6.45) is -16.3. The van der Waals surface area contributed by atoms with Gasteiger partial charge in [-0.3, -0.25) is 0 Å². The van der Waals surface area contributed by atoms with Gasteiger partial charge in [0.05, 0.1) is 76.7 Å². The Morgan fingerprint density at radius 3 is 0.930 bits per heavy atom. The quantitative estimate of drug-likeness (QED) is 0.0196. The van der Waals surface area contributed by atoms with Crippen LogP contribution in [0.2, 0.25) is 0 Å². The van der Waals surface area contributed by atoms with Gasteiger partial charge in [0.25, 0.3) is 0 Å². The van der Waals surface area contributed by atoms with E-state index < -0.39 is 146 Å². The Morgan fingerprint density at radius 1 is 0.318 bits per heavy atom. The molecule has 0 N–H and O–H groups in total. The molecule has 0 saturated carbocycles. The highest BCUT2D eigenvalue weighted by Crippen LogP contribution is 2.48. The molecule has 0 amide bonds. The predicted octanol–water partition coefficient (Wildman–Crippen LogP) is 17.6. The summed E-state index contributed by atoms with van der Waals surface area (Å²) in [4.78, 5) is 119. The van der Waals surface area contributed by atoms with E-state index in [1.807, 2.05) is 85.1 Å². The van der Waals surface area contributed by atoms with Gasteiger partial charge in [-0.05, 0) is 163 Å². The van der Waals surface area contributed by atoms with Crippen molar-refractivity contribution in [1.82, 2.24) is 0 Å². The van der Waals surface area contributed by atoms with Crippen LogP contribution in [0.1, 0.15) is 105 Å². The number of hydrogen-bond donors (Lipinski definition) is 0. The lowest BCUT2D eigenvalue weighted by Crippen LogP contribution is -2.64. The first-order valence-corrected chi connectivity index (χ1v) is 44.1. The van der Waals surface area contributed by atoms with Crippen LogP contribution in [0.5, 0.6) is 23.0 Å². The van der Waals surface area contributed by atoms with Crippen molar-refractivity contribution in [2.45, 2.75) is 92.2 Å². The van der Waals surface area contributed by atoms with E-state index in [9.17, 15) is 19.2 Å². The standard InChI is InChI=1S/C103H92O24S2/c1-112-83-59-70(54-56-81(83)114-62-68-34-14-4-15-35-68)58-80(64-118-101-91(126-99(110)78-50-30-12-31-51-78)89(124-97(108)76-46-26-10-27-47-76)87(122-95(106)74-42-22-8-23-43-74)85(120-101)65-116-93(104)72-38-18-6-19-39-72)103(129-128-3,61-71-55-57-82(84(60-71)113-2)115-63-69-36-16-5-17-37-69)67-119-102-92(127-100(111)79-52-32-13-33-53-79)90(125-98(109)77-48-28-11-29-49-77)88(123-96(107)75-44-24-9-25-45-75)86(121-102)66-117-94(105)73-40-20-7-21-41-73/h4-57,59-60,80,85-92,101-102H,58,61-67H2,1-3H3/t80-,85-,86-,87-,88-,89+,90+,91-,92-,101-,102-,103-/m1/s1. The Labute approximate surface area is 753 Å². The van der Waals surface area contributed by atoms with Crippen LogP contribution in [0, 0.1) is 5.92 Å². The van der Waals surface area contributed by atoms with Crippen molar-refractivity contribution in [2.24, 2.45) is 5.92 Å². The van der Waals surface area contributed by atoms with Crippen molar-refractivity contribution in [3.8, 4) is 23.0 Å². The van der Waals surface area contributed by atoms with Crippen LogP contribution in [-0.2, 0) is 82.9 Å². The number of carbonyl (C=O) groups excluding carboxylic acids is 8. The van der Waals surface area contributed by atoms with Gasteiger partial charge in [0, 0.05) is 5.92 Å². The molecule has 0 unspecified atom stereocenters. The monoisotopic (exact) mass is 1780 g/mol. The zero-order chi connectivity index (χ0) is 89.7. The summed E-state index contributed by atoms with van der Waals surface area (Å²) in [5.74, 6) is -6.96. The molecule has 0 aliphatic carbocycles. The van der Waals surface area contributed by atoms with Crippen LogP contribution in [-0.4, -0.2) is 161 Å². The van der Waals surface area contributed by atoms with Crippen molar-refractivity contribution in [3.05, 3.63) is 406 Å². The molecule has 2 saturated heterocycles. The molecule has 0 aromatic heterocycles. The van der Waals surface area contributed by atoms with Crippen LogP contribution < -0.4 is 18.9 Å². The first kappa shape index (κ1) is 91.4. The molecule has 2 aliphatic heterocycles. The lowest BCUT2D eigenvalue weighted by atomic mass is 9.82. The molecule has 14 rings (SSSR count). The van der Waals surface area contributed by atoms with E-state index >= 15 is 19.2 Å². The zero-order valence-electron chi connectivity index (χ0n) is 70.5. The number of ether oxygens (including phenoxy) is 16. The fourth-order valence-electron chi connectivity index (χ4n) is 14.8. The summed E-state index contributed by atoms with van der Waals surface area (Å²) in [5.41, 5.74) is 3.51. The highest BCUT2D eigenvalue weighted by molar-refractivity contribution is 8.77. The molecule has 26 heteroatoms. The Kier molecular flexibility index (Phi) is 32.2. The smallest absolute Gasteiger partial charge is 0.338 e. The van der Waals surface area contributed by atoms with Crippen molar-refractivity contribution >= 4 is 69.3 Å².